The van der Waals surface area contributed by atoms with Gasteiger partial charge in [0.15, 0.2) is 0 Å². The highest BCUT2D eigenvalue weighted by Gasteiger charge is 1.98. The monoisotopic (exact) mass is 495 g/mol. The van der Waals surface area contributed by atoms with Crippen LogP contribution in [0.1, 0.15) is 194 Å². The van der Waals surface area contributed by atoms with Crippen molar-refractivity contribution in [3.8, 4) is 0 Å². The van der Waals surface area contributed by atoms with Crippen LogP contribution in [0.2, 0.25) is 0 Å². The van der Waals surface area contributed by atoms with Crippen molar-refractivity contribution in [1.82, 2.24) is 10.4 Å². The molecule has 0 aromatic rings. The van der Waals surface area contributed by atoms with Crippen molar-refractivity contribution in [2.45, 2.75) is 194 Å². The average Bonchev–Trinajstić information content (AvgIpc) is 2.86. The SMILES string of the molecule is CCCCCCCCCCCCCCCCCCCCCCCCCCCCCCN(C)NCC. The lowest BCUT2D eigenvalue weighted by Gasteiger charge is -2.16. The Morgan fingerprint density at radius 3 is 0.800 bits per heavy atom. The van der Waals surface area contributed by atoms with E-state index in [-0.39, 0.29) is 0 Å². The van der Waals surface area contributed by atoms with Gasteiger partial charge >= 0.3 is 0 Å². The third-order valence-electron chi connectivity index (χ3n) is 7.78. The fourth-order valence-electron chi connectivity index (χ4n) is 5.37. The van der Waals surface area contributed by atoms with Crippen LogP contribution >= 0.6 is 0 Å². The highest BCUT2D eigenvalue weighted by Crippen LogP contribution is 2.16. The molecule has 0 saturated heterocycles. The summed E-state index contributed by atoms with van der Waals surface area (Å²) in [5.41, 5.74) is 3.35. The van der Waals surface area contributed by atoms with Crippen LogP contribution in [0.5, 0.6) is 0 Å². The van der Waals surface area contributed by atoms with Gasteiger partial charge in [-0.3, -0.25) is 5.43 Å². The summed E-state index contributed by atoms with van der Waals surface area (Å²) in [5, 5.41) is 2.24. The van der Waals surface area contributed by atoms with Gasteiger partial charge in [-0.05, 0) is 6.42 Å². The molecule has 2 nitrogen and oxygen atoms in total. The van der Waals surface area contributed by atoms with E-state index in [2.05, 4.69) is 31.3 Å². The van der Waals surface area contributed by atoms with Gasteiger partial charge in [-0.2, -0.15) is 0 Å². The smallest absolute Gasteiger partial charge is 0.0127 e. The van der Waals surface area contributed by atoms with Crippen LogP contribution in [0.3, 0.4) is 0 Å². The second-order valence-electron chi connectivity index (χ2n) is 11.5. The molecule has 0 fully saturated rings. The molecular formula is C33H70N2. The normalized spacial score (nSPS) is 11.7. The summed E-state index contributed by atoms with van der Waals surface area (Å²) in [7, 11) is 2.16. The highest BCUT2D eigenvalue weighted by atomic mass is 15.5. The zero-order valence-corrected chi connectivity index (χ0v) is 25.2. The first-order chi connectivity index (χ1) is 17.3. The van der Waals surface area contributed by atoms with Crippen molar-refractivity contribution < 1.29 is 0 Å². The van der Waals surface area contributed by atoms with Crippen LogP contribution < -0.4 is 5.43 Å². The molecule has 0 unspecified atom stereocenters. The average molecular weight is 495 g/mol. The van der Waals surface area contributed by atoms with Crippen LogP contribution in [0.25, 0.3) is 0 Å². The van der Waals surface area contributed by atoms with E-state index in [0.29, 0.717) is 0 Å². The lowest BCUT2D eigenvalue weighted by atomic mass is 10.0. The molecule has 212 valence electrons. The van der Waals surface area contributed by atoms with E-state index in [1.165, 1.54) is 186 Å². The molecular weight excluding hydrogens is 424 g/mol. The van der Waals surface area contributed by atoms with Crippen LogP contribution in [-0.2, 0) is 0 Å². The molecule has 0 spiro atoms. The summed E-state index contributed by atoms with van der Waals surface area (Å²) in [6.07, 6.45) is 41.1. The maximum atomic E-state index is 3.35. The van der Waals surface area contributed by atoms with E-state index < -0.39 is 0 Å². The number of nitrogens with one attached hydrogen (secondary N) is 1. The molecule has 0 aliphatic carbocycles. The lowest BCUT2D eigenvalue weighted by Crippen LogP contribution is -2.34. The molecule has 0 amide bonds. The number of unbranched alkanes of at least 4 members (excludes halogenated alkanes) is 27. The Bertz CT molecular complexity index is 357. The van der Waals surface area contributed by atoms with Gasteiger partial charge in [-0.15, -0.1) is 0 Å². The van der Waals surface area contributed by atoms with E-state index in [1.807, 2.05) is 0 Å². The predicted octanol–water partition coefficient (Wildman–Crippen LogP) is 11.4. The predicted molar refractivity (Wildman–Crippen MR) is 161 cm³/mol. The van der Waals surface area contributed by atoms with Crippen LogP contribution in [0.4, 0.5) is 0 Å². The zero-order valence-electron chi connectivity index (χ0n) is 25.2. The molecule has 0 rings (SSSR count). The van der Waals surface area contributed by atoms with Crippen molar-refractivity contribution in [3.05, 3.63) is 0 Å². The number of hydrogen-bond acceptors (Lipinski definition) is 2. The first-order valence-electron chi connectivity index (χ1n) is 16.8. The molecule has 2 heteroatoms. The Labute approximate surface area is 224 Å². The second kappa shape index (κ2) is 31.9. The molecule has 0 radical (unpaired) electrons. The minimum absolute atomic E-state index is 1.04. The van der Waals surface area contributed by atoms with Gasteiger partial charge in [0, 0.05) is 20.1 Å². The molecule has 0 atom stereocenters. The van der Waals surface area contributed by atoms with Crippen LogP contribution in [0, 0.1) is 0 Å². The van der Waals surface area contributed by atoms with Crippen molar-refractivity contribution in [3.63, 3.8) is 0 Å². The molecule has 0 aliphatic heterocycles. The summed E-state index contributed by atoms with van der Waals surface area (Å²) in [4.78, 5) is 0. The van der Waals surface area contributed by atoms with Crippen molar-refractivity contribution in [1.29, 1.82) is 0 Å². The van der Waals surface area contributed by atoms with E-state index in [4.69, 9.17) is 0 Å². The van der Waals surface area contributed by atoms with Crippen molar-refractivity contribution in [2.75, 3.05) is 20.1 Å². The molecule has 0 aromatic heterocycles. The fraction of sp³-hybridized carbons (Fsp3) is 1.00. The third-order valence-corrected chi connectivity index (χ3v) is 7.78. The Hall–Kier alpha value is -0.0800. The third kappa shape index (κ3) is 31.9. The molecule has 0 bridgehead atoms. The minimum Gasteiger partial charge on any atom is -0.256 e. The summed E-state index contributed by atoms with van der Waals surface area (Å²) < 4.78 is 0. The Balaban J connectivity index is 3.03. The van der Waals surface area contributed by atoms with E-state index in [9.17, 15) is 0 Å². The fourth-order valence-corrected chi connectivity index (χ4v) is 5.37. The number of hydrogen-bond donors (Lipinski definition) is 1. The molecule has 0 aromatic carbocycles. The quantitative estimate of drug-likeness (QED) is 0.0761. The molecule has 1 N–H and O–H groups in total. The summed E-state index contributed by atoms with van der Waals surface area (Å²) in [6, 6.07) is 0. The van der Waals surface area contributed by atoms with Gasteiger partial charge in [0.05, 0.1) is 0 Å². The first kappa shape index (κ1) is 34.9. The van der Waals surface area contributed by atoms with Gasteiger partial charge < -0.3 is 0 Å². The molecule has 35 heavy (non-hydrogen) atoms. The highest BCUT2D eigenvalue weighted by molar-refractivity contribution is 4.53. The molecule has 0 heterocycles. The maximum Gasteiger partial charge on any atom is 0.0127 e. The number of nitrogens with zero attached hydrogens (tertiary/aromatic N) is 1. The summed E-state index contributed by atoms with van der Waals surface area (Å²) in [6.45, 7) is 6.70. The van der Waals surface area contributed by atoms with E-state index >= 15 is 0 Å². The van der Waals surface area contributed by atoms with E-state index in [0.717, 1.165) is 6.54 Å². The Morgan fingerprint density at radius 1 is 0.343 bits per heavy atom. The van der Waals surface area contributed by atoms with Crippen molar-refractivity contribution in [2.24, 2.45) is 0 Å². The van der Waals surface area contributed by atoms with Gasteiger partial charge in [0.2, 0.25) is 0 Å². The Kier molecular flexibility index (Phi) is 31.9. The second-order valence-corrected chi connectivity index (χ2v) is 11.5. The maximum absolute atomic E-state index is 3.35. The Morgan fingerprint density at radius 2 is 0.571 bits per heavy atom. The topological polar surface area (TPSA) is 15.3 Å². The van der Waals surface area contributed by atoms with Gasteiger partial charge in [0.1, 0.15) is 0 Å². The number of rotatable bonds is 31. The number of hydrazine groups is 1. The first-order valence-corrected chi connectivity index (χ1v) is 16.8. The van der Waals surface area contributed by atoms with E-state index in [1.54, 1.807) is 0 Å². The van der Waals surface area contributed by atoms with Gasteiger partial charge in [-0.25, -0.2) is 5.01 Å². The van der Waals surface area contributed by atoms with Crippen LogP contribution in [-0.4, -0.2) is 25.1 Å². The summed E-state index contributed by atoms with van der Waals surface area (Å²) >= 11 is 0. The van der Waals surface area contributed by atoms with Crippen molar-refractivity contribution >= 4 is 0 Å². The zero-order chi connectivity index (χ0) is 25.5. The summed E-state index contributed by atoms with van der Waals surface area (Å²) in [5.74, 6) is 0. The standard InChI is InChI=1S/C33H70N2/c1-4-6-7-8-9-10-11-12-13-14-15-16-17-18-19-20-21-22-23-24-25-26-27-28-29-30-31-32-33-35(3)34-5-2/h34H,4-33H2,1-3H3. The van der Waals surface area contributed by atoms with Gasteiger partial charge in [0.25, 0.3) is 0 Å². The molecule has 0 aliphatic rings. The minimum atomic E-state index is 1.04. The molecule has 0 saturated carbocycles. The van der Waals surface area contributed by atoms with Gasteiger partial charge in [-0.1, -0.05) is 187 Å². The largest absolute Gasteiger partial charge is 0.256 e. The van der Waals surface area contributed by atoms with Crippen LogP contribution in [0.15, 0.2) is 0 Å². The lowest BCUT2D eigenvalue weighted by molar-refractivity contribution is 0.236.